The molecule has 21 heavy (non-hydrogen) atoms. The molecule has 2 aromatic rings. The van der Waals surface area contributed by atoms with Gasteiger partial charge in [0.1, 0.15) is 5.75 Å². The minimum absolute atomic E-state index is 0.0603. The van der Waals surface area contributed by atoms with Gasteiger partial charge in [-0.3, -0.25) is 4.79 Å². The quantitative estimate of drug-likeness (QED) is 0.906. The Bertz CT molecular complexity index is 613. The molecule has 1 atom stereocenters. The van der Waals surface area contributed by atoms with Crippen LogP contribution in [0.2, 0.25) is 5.22 Å². The molecule has 7 heteroatoms. The molecule has 0 radical (unpaired) electrons. The standard InChI is InChI=1S/C14H12ClF2NO3/c1-8(18-13(19)11-6-7-12(15)21-11)9-2-4-10(5-3-9)20-14(16)17/h2-8,14H,1H3,(H,18,19)/t8-/m1/s1. The van der Waals surface area contributed by atoms with E-state index in [4.69, 9.17) is 16.0 Å². The summed E-state index contributed by atoms with van der Waals surface area (Å²) in [6.07, 6.45) is 0. The Morgan fingerprint density at radius 3 is 2.43 bits per heavy atom. The van der Waals surface area contributed by atoms with Gasteiger partial charge in [0.15, 0.2) is 11.0 Å². The minimum Gasteiger partial charge on any atom is -0.440 e. The number of rotatable bonds is 5. The Kier molecular flexibility index (Phi) is 4.80. The van der Waals surface area contributed by atoms with Crippen LogP contribution >= 0.6 is 11.6 Å². The SMILES string of the molecule is C[C@@H](NC(=O)c1ccc(Cl)o1)c1ccc(OC(F)F)cc1. The van der Waals surface area contributed by atoms with Crippen molar-refractivity contribution in [3.8, 4) is 5.75 Å². The Hall–Kier alpha value is -2.08. The molecule has 0 aliphatic heterocycles. The Balaban J connectivity index is 1.99. The summed E-state index contributed by atoms with van der Waals surface area (Å²) in [5.41, 5.74) is 0.739. The van der Waals surface area contributed by atoms with Crippen molar-refractivity contribution in [2.24, 2.45) is 0 Å². The number of carbonyl (C=O) groups excluding carboxylic acids is 1. The summed E-state index contributed by atoms with van der Waals surface area (Å²) in [6.45, 7) is -1.11. The zero-order chi connectivity index (χ0) is 15.4. The third-order valence-electron chi connectivity index (χ3n) is 2.75. The maximum Gasteiger partial charge on any atom is 0.387 e. The summed E-state index contributed by atoms with van der Waals surface area (Å²) in [7, 11) is 0. The van der Waals surface area contributed by atoms with Gasteiger partial charge in [-0.25, -0.2) is 0 Å². The molecule has 0 unspecified atom stereocenters. The van der Waals surface area contributed by atoms with Gasteiger partial charge < -0.3 is 14.5 Å². The Morgan fingerprint density at radius 2 is 1.90 bits per heavy atom. The first-order valence-electron chi connectivity index (χ1n) is 6.06. The molecule has 1 aromatic carbocycles. The summed E-state index contributed by atoms with van der Waals surface area (Å²) in [4.78, 5) is 11.9. The molecule has 0 aliphatic carbocycles. The number of alkyl halides is 2. The van der Waals surface area contributed by atoms with Crippen molar-refractivity contribution in [2.75, 3.05) is 0 Å². The molecule has 0 saturated heterocycles. The molecule has 1 aromatic heterocycles. The number of hydrogen-bond acceptors (Lipinski definition) is 3. The predicted octanol–water partition coefficient (Wildman–Crippen LogP) is 4.03. The first-order valence-corrected chi connectivity index (χ1v) is 6.44. The van der Waals surface area contributed by atoms with Gasteiger partial charge in [0.25, 0.3) is 5.91 Å². The van der Waals surface area contributed by atoms with Crippen molar-refractivity contribution in [1.29, 1.82) is 0 Å². The Labute approximate surface area is 124 Å². The van der Waals surface area contributed by atoms with Crippen LogP contribution < -0.4 is 10.1 Å². The highest BCUT2D eigenvalue weighted by Crippen LogP contribution is 2.20. The highest BCUT2D eigenvalue weighted by Gasteiger charge is 2.15. The average Bonchev–Trinajstić information content (AvgIpc) is 2.85. The van der Waals surface area contributed by atoms with Crippen LogP contribution in [0.3, 0.4) is 0 Å². The van der Waals surface area contributed by atoms with E-state index in [-0.39, 0.29) is 22.8 Å². The topological polar surface area (TPSA) is 51.5 Å². The van der Waals surface area contributed by atoms with Crippen LogP contribution in [0, 0.1) is 0 Å². The van der Waals surface area contributed by atoms with Gasteiger partial charge in [-0.15, -0.1) is 0 Å². The fourth-order valence-electron chi connectivity index (χ4n) is 1.73. The molecule has 0 spiro atoms. The number of halogens is 3. The maximum atomic E-state index is 12.0. The van der Waals surface area contributed by atoms with E-state index in [1.54, 1.807) is 19.1 Å². The smallest absolute Gasteiger partial charge is 0.387 e. The van der Waals surface area contributed by atoms with Gasteiger partial charge in [0.05, 0.1) is 6.04 Å². The lowest BCUT2D eigenvalue weighted by Crippen LogP contribution is -2.26. The lowest BCUT2D eigenvalue weighted by Gasteiger charge is -2.14. The van der Waals surface area contributed by atoms with Crippen molar-refractivity contribution in [2.45, 2.75) is 19.6 Å². The van der Waals surface area contributed by atoms with Crippen LogP contribution in [0.1, 0.15) is 29.1 Å². The van der Waals surface area contributed by atoms with Crippen LogP contribution in [0.15, 0.2) is 40.8 Å². The Morgan fingerprint density at radius 1 is 1.24 bits per heavy atom. The van der Waals surface area contributed by atoms with Gasteiger partial charge in [-0.2, -0.15) is 8.78 Å². The van der Waals surface area contributed by atoms with E-state index in [9.17, 15) is 13.6 Å². The second-order valence-electron chi connectivity index (χ2n) is 4.25. The molecule has 112 valence electrons. The van der Waals surface area contributed by atoms with Gasteiger partial charge >= 0.3 is 6.61 Å². The highest BCUT2D eigenvalue weighted by atomic mass is 35.5. The molecule has 0 bridgehead atoms. The highest BCUT2D eigenvalue weighted by molar-refractivity contribution is 6.29. The zero-order valence-corrected chi connectivity index (χ0v) is 11.7. The summed E-state index contributed by atoms with van der Waals surface area (Å²) < 4.78 is 33.3. The average molecular weight is 316 g/mol. The number of amides is 1. The molecule has 1 heterocycles. The van der Waals surface area contributed by atoms with Crippen molar-refractivity contribution in [3.63, 3.8) is 0 Å². The first-order chi connectivity index (χ1) is 9.95. The molecule has 0 aliphatic rings. The summed E-state index contributed by atoms with van der Waals surface area (Å²) in [6, 6.07) is 8.61. The normalized spacial score (nSPS) is 12.2. The lowest BCUT2D eigenvalue weighted by molar-refractivity contribution is -0.0498. The van der Waals surface area contributed by atoms with Gasteiger partial charge in [-0.1, -0.05) is 12.1 Å². The van der Waals surface area contributed by atoms with Crippen LogP contribution in [0.4, 0.5) is 8.78 Å². The molecule has 1 N–H and O–H groups in total. The van der Waals surface area contributed by atoms with Crippen molar-refractivity contribution >= 4 is 17.5 Å². The summed E-state index contributed by atoms with van der Waals surface area (Å²) >= 11 is 5.60. The molecular formula is C14H12ClF2NO3. The van der Waals surface area contributed by atoms with E-state index < -0.39 is 12.5 Å². The predicted molar refractivity (Wildman–Crippen MR) is 72.7 cm³/mol. The molecular weight excluding hydrogens is 304 g/mol. The number of nitrogens with one attached hydrogen (secondary N) is 1. The minimum atomic E-state index is -2.86. The van der Waals surface area contributed by atoms with Crippen molar-refractivity contribution in [1.82, 2.24) is 5.32 Å². The fraction of sp³-hybridized carbons (Fsp3) is 0.214. The summed E-state index contributed by atoms with van der Waals surface area (Å²) in [5.74, 6) is -0.253. The van der Waals surface area contributed by atoms with E-state index in [0.29, 0.717) is 0 Å². The number of benzene rings is 1. The largest absolute Gasteiger partial charge is 0.440 e. The van der Waals surface area contributed by atoms with Crippen LogP contribution in [-0.4, -0.2) is 12.5 Å². The fourth-order valence-corrected chi connectivity index (χ4v) is 1.87. The molecule has 4 nitrogen and oxygen atoms in total. The molecule has 0 saturated carbocycles. The van der Waals surface area contributed by atoms with Crippen molar-refractivity contribution < 1.29 is 22.7 Å². The number of ether oxygens (including phenoxy) is 1. The lowest BCUT2D eigenvalue weighted by atomic mass is 10.1. The monoisotopic (exact) mass is 315 g/mol. The van der Waals surface area contributed by atoms with Gasteiger partial charge in [-0.05, 0) is 48.4 Å². The van der Waals surface area contributed by atoms with E-state index in [1.807, 2.05) is 0 Å². The van der Waals surface area contributed by atoms with Crippen LogP contribution in [0.25, 0.3) is 0 Å². The zero-order valence-electron chi connectivity index (χ0n) is 11.0. The van der Waals surface area contributed by atoms with Gasteiger partial charge in [0.2, 0.25) is 0 Å². The molecule has 0 fully saturated rings. The van der Waals surface area contributed by atoms with E-state index in [0.717, 1.165) is 5.56 Å². The number of furan rings is 1. The maximum absolute atomic E-state index is 12.0. The van der Waals surface area contributed by atoms with E-state index in [2.05, 4.69) is 10.1 Å². The summed E-state index contributed by atoms with van der Waals surface area (Å²) in [5, 5.41) is 2.83. The van der Waals surface area contributed by atoms with Crippen LogP contribution in [-0.2, 0) is 0 Å². The van der Waals surface area contributed by atoms with Crippen LogP contribution in [0.5, 0.6) is 5.75 Å². The second kappa shape index (κ2) is 6.58. The number of hydrogen-bond donors (Lipinski definition) is 1. The van der Waals surface area contributed by atoms with E-state index >= 15 is 0 Å². The van der Waals surface area contributed by atoms with Crippen molar-refractivity contribution in [3.05, 3.63) is 52.9 Å². The second-order valence-corrected chi connectivity index (χ2v) is 4.62. The number of carbonyl (C=O) groups is 1. The third-order valence-corrected chi connectivity index (χ3v) is 2.95. The van der Waals surface area contributed by atoms with E-state index in [1.165, 1.54) is 24.3 Å². The van der Waals surface area contributed by atoms with Gasteiger partial charge in [0, 0.05) is 0 Å². The third kappa shape index (κ3) is 4.19. The molecule has 2 rings (SSSR count). The molecule has 1 amide bonds. The first kappa shape index (κ1) is 15.3.